The molecule has 4 N–H and O–H groups in total. The monoisotopic (exact) mass is 542 g/mol. The quantitative estimate of drug-likeness (QED) is 0.210. The Morgan fingerprint density at radius 3 is 2.69 bits per heavy atom. The summed E-state index contributed by atoms with van der Waals surface area (Å²) in [4.78, 5) is 28.3. The number of hydrogen-bond acceptors (Lipinski definition) is 8. The van der Waals surface area contributed by atoms with E-state index in [1.165, 1.54) is 18.5 Å². The lowest BCUT2D eigenvalue weighted by Crippen LogP contribution is -2.28. The van der Waals surface area contributed by atoms with Crippen LogP contribution < -0.4 is 21.1 Å². The van der Waals surface area contributed by atoms with Gasteiger partial charge in [-0.1, -0.05) is 18.2 Å². The first-order valence-corrected chi connectivity index (χ1v) is 13.3. The number of halogens is 1. The van der Waals surface area contributed by atoms with Gasteiger partial charge in [-0.15, -0.1) is 11.3 Å². The molecule has 0 radical (unpaired) electrons. The fourth-order valence-electron chi connectivity index (χ4n) is 4.21. The van der Waals surface area contributed by atoms with Crippen LogP contribution in [0.5, 0.6) is 5.75 Å². The Bertz CT molecular complexity index is 1620. The number of ether oxygens (including phenoxy) is 1. The number of rotatable bonds is 9. The Morgan fingerprint density at radius 1 is 1.08 bits per heavy atom. The summed E-state index contributed by atoms with van der Waals surface area (Å²) in [5, 5.41) is 7.09. The van der Waals surface area contributed by atoms with Crippen LogP contribution in [-0.4, -0.2) is 27.5 Å². The summed E-state index contributed by atoms with van der Waals surface area (Å²) < 4.78 is 19.1. The van der Waals surface area contributed by atoms with Gasteiger partial charge in [-0.25, -0.2) is 19.3 Å². The lowest BCUT2D eigenvalue weighted by molar-refractivity contribution is 0.0936. The lowest BCUT2D eigenvalue weighted by atomic mass is 10.1. The van der Waals surface area contributed by atoms with Crippen molar-refractivity contribution in [1.82, 2.24) is 20.3 Å². The number of nitrogen functional groups attached to an aromatic ring is 1. The van der Waals surface area contributed by atoms with Crippen molar-refractivity contribution in [3.63, 3.8) is 0 Å². The molecule has 5 aromatic rings. The number of aromatic nitrogens is 3. The molecule has 0 aliphatic rings. The van der Waals surface area contributed by atoms with Crippen LogP contribution in [0.25, 0.3) is 21.3 Å². The summed E-state index contributed by atoms with van der Waals surface area (Å²) >= 11 is 1.62. The van der Waals surface area contributed by atoms with E-state index in [4.69, 9.17) is 10.5 Å². The van der Waals surface area contributed by atoms with E-state index >= 15 is 0 Å². The molecule has 1 atom stereocenters. The third-order valence-electron chi connectivity index (χ3n) is 6.20. The van der Waals surface area contributed by atoms with Crippen LogP contribution in [0, 0.1) is 5.82 Å². The summed E-state index contributed by atoms with van der Waals surface area (Å²) in [7, 11) is 0. The number of pyridine rings is 1. The largest absolute Gasteiger partial charge is 0.493 e. The van der Waals surface area contributed by atoms with E-state index in [2.05, 4.69) is 25.6 Å². The minimum absolute atomic E-state index is 0.315. The highest BCUT2D eigenvalue weighted by Gasteiger charge is 2.21. The van der Waals surface area contributed by atoms with Crippen LogP contribution in [0.2, 0.25) is 0 Å². The van der Waals surface area contributed by atoms with Crippen molar-refractivity contribution in [2.24, 2.45) is 0 Å². The van der Waals surface area contributed by atoms with E-state index in [-0.39, 0.29) is 17.8 Å². The minimum atomic E-state index is -0.345. The second-order valence-electron chi connectivity index (χ2n) is 8.82. The Kier molecular flexibility index (Phi) is 7.64. The first kappa shape index (κ1) is 26.1. The summed E-state index contributed by atoms with van der Waals surface area (Å²) in [5.41, 5.74) is 8.96. The van der Waals surface area contributed by atoms with Gasteiger partial charge in [0.05, 0.1) is 24.7 Å². The van der Waals surface area contributed by atoms with E-state index in [0.29, 0.717) is 36.1 Å². The maximum atomic E-state index is 13.4. The Hall–Kier alpha value is -4.57. The van der Waals surface area contributed by atoms with Crippen molar-refractivity contribution in [2.45, 2.75) is 26.4 Å². The molecule has 3 heterocycles. The van der Waals surface area contributed by atoms with E-state index < -0.39 is 0 Å². The van der Waals surface area contributed by atoms with E-state index in [1.807, 2.05) is 44.2 Å². The van der Waals surface area contributed by atoms with Crippen molar-refractivity contribution in [1.29, 1.82) is 0 Å². The fourth-order valence-corrected chi connectivity index (χ4v) is 5.15. The van der Waals surface area contributed by atoms with Gasteiger partial charge >= 0.3 is 0 Å². The molecular formula is C29H27FN6O2S. The van der Waals surface area contributed by atoms with Crippen LogP contribution in [-0.2, 0) is 6.54 Å². The lowest BCUT2D eigenvalue weighted by Gasteiger charge is -2.18. The molecule has 0 fully saturated rings. The predicted octanol–water partition coefficient (Wildman–Crippen LogP) is 5.98. The zero-order valence-corrected chi connectivity index (χ0v) is 22.3. The Balaban J connectivity index is 1.35. The number of anilines is 2. The second-order valence-corrected chi connectivity index (χ2v) is 9.99. The first-order valence-electron chi connectivity index (χ1n) is 12.4. The summed E-state index contributed by atoms with van der Waals surface area (Å²) in [5.74, 6) is 0.621. The normalized spacial score (nSPS) is 11.8. The maximum Gasteiger partial charge on any atom is 0.259 e. The topological polar surface area (TPSA) is 115 Å². The number of benzene rings is 2. The van der Waals surface area contributed by atoms with E-state index in [9.17, 15) is 9.18 Å². The van der Waals surface area contributed by atoms with Crippen molar-refractivity contribution in [3.05, 3.63) is 95.0 Å². The highest BCUT2D eigenvalue weighted by atomic mass is 32.1. The Morgan fingerprint density at radius 2 is 1.90 bits per heavy atom. The first-order chi connectivity index (χ1) is 18.9. The van der Waals surface area contributed by atoms with Gasteiger partial charge in [-0.05, 0) is 67.4 Å². The minimum Gasteiger partial charge on any atom is -0.493 e. The van der Waals surface area contributed by atoms with Gasteiger partial charge in [0.2, 0.25) is 0 Å². The molecule has 8 nitrogen and oxygen atoms in total. The standard InChI is InChI=1S/C29H27FN6O2S/c1-3-38-24-12-13-32-28(26(24)29(37)36-17(2)18-4-7-20(30)8-5-18)33-15-21-9-11-25(39-21)19-6-10-23-22(14-19)27(31)35-16-34-23/h4-14,16-17H,3,15H2,1-2H3,(H,32,33)(H,36,37)(H2,31,34,35). The number of fused-ring (bicyclic) bond motifs is 1. The molecule has 0 saturated carbocycles. The molecule has 10 heteroatoms. The number of hydrogen-bond donors (Lipinski definition) is 3. The molecule has 1 amide bonds. The second kappa shape index (κ2) is 11.4. The zero-order valence-electron chi connectivity index (χ0n) is 21.4. The SMILES string of the molecule is CCOc1ccnc(NCc2ccc(-c3ccc4ncnc(N)c4c3)s2)c1C(=O)NC(C)c1ccc(F)cc1. The number of carbonyl (C=O) groups excluding carboxylic acids is 1. The van der Waals surface area contributed by atoms with Gasteiger partial charge < -0.3 is 21.1 Å². The average Bonchev–Trinajstić information content (AvgIpc) is 3.41. The maximum absolute atomic E-state index is 13.4. The number of thiophene rings is 1. The molecule has 39 heavy (non-hydrogen) atoms. The molecule has 1 unspecified atom stereocenters. The predicted molar refractivity (Wildman–Crippen MR) is 152 cm³/mol. The molecule has 0 aliphatic carbocycles. The number of nitrogens with zero attached hydrogens (tertiary/aromatic N) is 3. The number of carbonyl (C=O) groups is 1. The smallest absolute Gasteiger partial charge is 0.259 e. The van der Waals surface area contributed by atoms with Crippen LogP contribution in [0.3, 0.4) is 0 Å². The van der Waals surface area contributed by atoms with Gasteiger partial charge in [0, 0.05) is 21.3 Å². The highest BCUT2D eigenvalue weighted by molar-refractivity contribution is 7.15. The molecule has 0 aliphatic heterocycles. The molecule has 0 spiro atoms. The number of nitrogens with two attached hydrogens (primary N) is 1. The highest BCUT2D eigenvalue weighted by Crippen LogP contribution is 2.32. The molecule has 0 bridgehead atoms. The summed E-state index contributed by atoms with van der Waals surface area (Å²) in [6, 6.07) is 17.4. The third kappa shape index (κ3) is 5.80. The van der Waals surface area contributed by atoms with Gasteiger partial charge in [0.25, 0.3) is 5.91 Å². The van der Waals surface area contributed by atoms with Crippen molar-refractivity contribution >= 4 is 39.8 Å². The van der Waals surface area contributed by atoms with Crippen molar-refractivity contribution in [2.75, 3.05) is 17.7 Å². The van der Waals surface area contributed by atoms with Gasteiger partial charge in [0.15, 0.2) is 0 Å². The van der Waals surface area contributed by atoms with E-state index in [0.717, 1.165) is 31.8 Å². The van der Waals surface area contributed by atoms with Gasteiger partial charge in [-0.3, -0.25) is 4.79 Å². The molecule has 0 saturated heterocycles. The van der Waals surface area contributed by atoms with Gasteiger partial charge in [0.1, 0.15) is 35.1 Å². The molecular weight excluding hydrogens is 515 g/mol. The van der Waals surface area contributed by atoms with Gasteiger partial charge in [-0.2, -0.15) is 0 Å². The summed E-state index contributed by atoms with van der Waals surface area (Å²) in [6.07, 6.45) is 3.06. The molecule has 5 rings (SSSR count). The zero-order chi connectivity index (χ0) is 27.4. The Labute approximate surface area is 229 Å². The average molecular weight is 543 g/mol. The number of nitrogens with one attached hydrogen (secondary N) is 2. The van der Waals surface area contributed by atoms with Crippen LogP contribution in [0.15, 0.2) is 73.2 Å². The summed E-state index contributed by atoms with van der Waals surface area (Å²) in [6.45, 7) is 4.55. The van der Waals surface area contributed by atoms with Crippen LogP contribution in [0.4, 0.5) is 16.0 Å². The van der Waals surface area contributed by atoms with Crippen LogP contribution in [0.1, 0.15) is 40.7 Å². The van der Waals surface area contributed by atoms with Crippen LogP contribution >= 0.6 is 11.3 Å². The van der Waals surface area contributed by atoms with E-state index in [1.54, 1.807) is 35.7 Å². The fraction of sp³-hybridized carbons (Fsp3) is 0.172. The third-order valence-corrected chi connectivity index (χ3v) is 7.33. The number of amides is 1. The van der Waals surface area contributed by atoms with Crippen molar-refractivity contribution in [3.8, 4) is 16.2 Å². The molecule has 3 aromatic heterocycles. The molecule has 198 valence electrons. The van der Waals surface area contributed by atoms with Crippen molar-refractivity contribution < 1.29 is 13.9 Å². The molecule has 2 aromatic carbocycles.